The molecule has 4 atom stereocenters. The van der Waals surface area contributed by atoms with Gasteiger partial charge in [-0.3, -0.25) is 9.69 Å². The standard InChI is InChI=1S/C24H28F2N4O2/c1-14-9-22(7-6-19(14)32-3)12-16-4-5-17(28-2)8-18(16)24(22)20(31)30(21(27)29-24)13-15-10-23(25,26)11-15/h4-5,8,14-15,19H,6-7,9-13H2,1,3H3,(H2,27,29)/t14-,19-,22-,24+/m0/s1. The lowest BCUT2D eigenvalue weighted by Gasteiger charge is -2.48. The second kappa shape index (κ2) is 6.98. The van der Waals surface area contributed by atoms with Gasteiger partial charge in [-0.05, 0) is 48.6 Å². The van der Waals surface area contributed by atoms with E-state index in [0.29, 0.717) is 12.1 Å². The van der Waals surface area contributed by atoms with E-state index in [1.165, 1.54) is 4.90 Å². The molecule has 2 saturated carbocycles. The minimum Gasteiger partial charge on any atom is -0.381 e. The fourth-order valence-corrected chi connectivity index (χ4v) is 6.74. The lowest BCUT2D eigenvalue weighted by molar-refractivity contribution is -0.144. The molecule has 0 unspecified atom stereocenters. The van der Waals surface area contributed by atoms with Crippen LogP contribution in [0.1, 0.15) is 50.2 Å². The average Bonchev–Trinajstić information content (AvgIpc) is 3.13. The molecule has 2 spiro atoms. The lowest BCUT2D eigenvalue weighted by Crippen LogP contribution is -2.55. The van der Waals surface area contributed by atoms with Gasteiger partial charge in [0.1, 0.15) is 0 Å². The molecular formula is C24H28F2N4O2. The first-order valence-corrected chi connectivity index (χ1v) is 11.2. The van der Waals surface area contributed by atoms with Crippen LogP contribution < -0.4 is 5.73 Å². The molecule has 5 rings (SSSR count). The third-order valence-corrected chi connectivity index (χ3v) is 8.20. The van der Waals surface area contributed by atoms with Gasteiger partial charge in [0, 0.05) is 31.9 Å². The molecule has 1 aromatic carbocycles. The van der Waals surface area contributed by atoms with Gasteiger partial charge in [-0.1, -0.05) is 25.1 Å². The van der Waals surface area contributed by atoms with Gasteiger partial charge < -0.3 is 10.5 Å². The highest BCUT2D eigenvalue weighted by molar-refractivity contribution is 6.08. The molecule has 4 aliphatic rings. The van der Waals surface area contributed by atoms with E-state index in [-0.39, 0.29) is 49.2 Å². The zero-order valence-electron chi connectivity index (χ0n) is 18.4. The zero-order valence-corrected chi connectivity index (χ0v) is 18.4. The number of benzene rings is 1. The second-order valence-electron chi connectivity index (χ2n) is 10.1. The van der Waals surface area contributed by atoms with Crippen LogP contribution in [-0.4, -0.2) is 42.4 Å². The van der Waals surface area contributed by atoms with Gasteiger partial charge in [0.25, 0.3) is 5.91 Å². The number of rotatable bonds is 3. The van der Waals surface area contributed by atoms with Crippen molar-refractivity contribution < 1.29 is 18.3 Å². The monoisotopic (exact) mass is 442 g/mol. The molecule has 8 heteroatoms. The van der Waals surface area contributed by atoms with Crippen molar-refractivity contribution in [2.24, 2.45) is 28.0 Å². The van der Waals surface area contributed by atoms with E-state index >= 15 is 0 Å². The van der Waals surface area contributed by atoms with Gasteiger partial charge in [-0.25, -0.2) is 18.6 Å². The highest BCUT2D eigenvalue weighted by atomic mass is 19.3. The number of nitrogens with two attached hydrogens (primary N) is 1. The van der Waals surface area contributed by atoms with E-state index in [1.807, 2.05) is 6.07 Å². The number of alkyl halides is 2. The molecule has 32 heavy (non-hydrogen) atoms. The summed E-state index contributed by atoms with van der Waals surface area (Å²) < 4.78 is 32.5. The predicted octanol–water partition coefficient (Wildman–Crippen LogP) is 4.01. The minimum atomic E-state index is -2.66. The van der Waals surface area contributed by atoms with Crippen molar-refractivity contribution in [3.05, 3.63) is 40.7 Å². The van der Waals surface area contributed by atoms with Crippen LogP contribution >= 0.6 is 0 Å². The molecule has 2 fully saturated rings. The lowest BCUT2D eigenvalue weighted by atomic mass is 9.59. The number of aliphatic imine (C=N–C) groups is 1. The number of guanidine groups is 1. The summed E-state index contributed by atoms with van der Waals surface area (Å²) in [7, 11) is 1.72. The van der Waals surface area contributed by atoms with Crippen LogP contribution in [0, 0.1) is 23.8 Å². The molecule has 170 valence electrons. The van der Waals surface area contributed by atoms with Gasteiger partial charge >= 0.3 is 0 Å². The Morgan fingerprint density at radius 1 is 1.34 bits per heavy atom. The number of fused-ring (bicyclic) bond motifs is 3. The third kappa shape index (κ3) is 2.83. The van der Waals surface area contributed by atoms with Crippen molar-refractivity contribution in [1.29, 1.82) is 0 Å². The van der Waals surface area contributed by atoms with Crippen LogP contribution in [0.15, 0.2) is 23.2 Å². The Balaban J connectivity index is 1.57. The molecule has 0 bridgehead atoms. The summed E-state index contributed by atoms with van der Waals surface area (Å²) in [5.41, 5.74) is 6.86. The summed E-state index contributed by atoms with van der Waals surface area (Å²) >= 11 is 0. The Bertz CT molecular complexity index is 1040. The van der Waals surface area contributed by atoms with Gasteiger partial charge in [-0.15, -0.1) is 0 Å². The molecule has 6 nitrogen and oxygen atoms in total. The van der Waals surface area contributed by atoms with Crippen molar-refractivity contribution in [2.45, 2.75) is 63.0 Å². The molecule has 0 radical (unpaired) electrons. The molecule has 1 heterocycles. The van der Waals surface area contributed by atoms with Crippen molar-refractivity contribution in [3.8, 4) is 0 Å². The minimum absolute atomic E-state index is 0.104. The maximum atomic E-state index is 14.1. The Labute approximate surface area is 186 Å². The van der Waals surface area contributed by atoms with Gasteiger partial charge in [0.2, 0.25) is 5.92 Å². The number of hydrogen-bond donors (Lipinski definition) is 1. The first-order chi connectivity index (χ1) is 15.1. The van der Waals surface area contributed by atoms with Crippen molar-refractivity contribution >= 4 is 17.6 Å². The van der Waals surface area contributed by atoms with Crippen molar-refractivity contribution in [1.82, 2.24) is 4.90 Å². The van der Waals surface area contributed by atoms with Crippen molar-refractivity contribution in [2.75, 3.05) is 13.7 Å². The van der Waals surface area contributed by atoms with Crippen LogP contribution in [0.3, 0.4) is 0 Å². The van der Waals surface area contributed by atoms with Crippen LogP contribution in [0.25, 0.3) is 4.85 Å². The quantitative estimate of drug-likeness (QED) is 0.719. The fraction of sp³-hybridized carbons (Fsp3) is 0.625. The summed E-state index contributed by atoms with van der Waals surface area (Å²) in [6.07, 6.45) is 2.63. The molecule has 0 aromatic heterocycles. The number of carbonyl (C=O) groups excluding carboxylic acids is 1. The molecule has 3 aliphatic carbocycles. The number of amides is 1. The molecule has 2 N–H and O–H groups in total. The summed E-state index contributed by atoms with van der Waals surface area (Å²) in [4.78, 5) is 23.9. The van der Waals surface area contributed by atoms with E-state index in [2.05, 4.69) is 11.8 Å². The van der Waals surface area contributed by atoms with Gasteiger partial charge in [0.15, 0.2) is 17.2 Å². The smallest absolute Gasteiger partial charge is 0.262 e. The number of ether oxygens (including phenoxy) is 1. The predicted molar refractivity (Wildman–Crippen MR) is 115 cm³/mol. The SMILES string of the molecule is [C-]#[N+]c1ccc2c(c1)[C@]1(N=C(N)N(CC3CC(F)(F)C3)C1=O)[C@]1(CC[C@H](OC)[C@@H](C)C1)C2. The van der Waals surface area contributed by atoms with Gasteiger partial charge in [-0.2, -0.15) is 0 Å². The van der Waals surface area contributed by atoms with E-state index < -0.39 is 16.9 Å². The Morgan fingerprint density at radius 3 is 2.72 bits per heavy atom. The van der Waals surface area contributed by atoms with Crippen molar-refractivity contribution in [3.63, 3.8) is 0 Å². The van der Waals surface area contributed by atoms with Crippen LogP contribution in [0.4, 0.5) is 14.5 Å². The average molecular weight is 443 g/mol. The highest BCUT2D eigenvalue weighted by Crippen LogP contribution is 2.63. The summed E-state index contributed by atoms with van der Waals surface area (Å²) in [6.45, 7) is 9.76. The summed E-state index contributed by atoms with van der Waals surface area (Å²) in [6, 6.07) is 5.49. The molecule has 1 aromatic rings. The van der Waals surface area contributed by atoms with Crippen LogP contribution in [-0.2, 0) is 21.5 Å². The molecule has 1 amide bonds. The van der Waals surface area contributed by atoms with E-state index in [9.17, 15) is 13.6 Å². The zero-order chi connectivity index (χ0) is 22.9. The Hall–Kier alpha value is -2.53. The topological polar surface area (TPSA) is 72.3 Å². The first kappa shape index (κ1) is 21.3. The number of nitrogens with zero attached hydrogens (tertiary/aromatic N) is 3. The van der Waals surface area contributed by atoms with Crippen LogP contribution in [0.5, 0.6) is 0 Å². The van der Waals surface area contributed by atoms with E-state index in [4.69, 9.17) is 22.0 Å². The first-order valence-electron chi connectivity index (χ1n) is 11.2. The number of hydrogen-bond acceptors (Lipinski definition) is 4. The summed E-state index contributed by atoms with van der Waals surface area (Å²) in [5, 5.41) is 0. The maximum absolute atomic E-state index is 14.1. The Kier molecular flexibility index (Phi) is 4.65. The summed E-state index contributed by atoms with van der Waals surface area (Å²) in [5.74, 6) is -2.84. The second-order valence-corrected chi connectivity index (χ2v) is 10.1. The fourth-order valence-electron chi connectivity index (χ4n) is 6.74. The number of methoxy groups -OCH3 is 1. The normalized spacial score (nSPS) is 35.7. The highest BCUT2D eigenvalue weighted by Gasteiger charge is 2.67. The maximum Gasteiger partial charge on any atom is 0.262 e. The molecular weight excluding hydrogens is 414 g/mol. The van der Waals surface area contributed by atoms with E-state index in [0.717, 1.165) is 30.4 Å². The van der Waals surface area contributed by atoms with Gasteiger partial charge in [0.05, 0.1) is 12.7 Å². The number of carbonyl (C=O) groups is 1. The number of halogens is 2. The van der Waals surface area contributed by atoms with E-state index in [1.54, 1.807) is 19.2 Å². The molecule has 0 saturated heterocycles. The Morgan fingerprint density at radius 2 is 2.09 bits per heavy atom. The third-order valence-electron chi connectivity index (χ3n) is 8.20. The largest absolute Gasteiger partial charge is 0.381 e. The molecule has 1 aliphatic heterocycles. The van der Waals surface area contributed by atoms with Crippen LogP contribution in [0.2, 0.25) is 0 Å².